The van der Waals surface area contributed by atoms with Crippen LogP contribution in [0.5, 0.6) is 0 Å². The molecule has 0 spiro atoms. The van der Waals surface area contributed by atoms with Crippen molar-refractivity contribution in [1.82, 2.24) is 25.3 Å². The molecule has 0 radical (unpaired) electrons. The van der Waals surface area contributed by atoms with E-state index >= 15 is 0 Å². The first-order chi connectivity index (χ1) is 34.9. The molecule has 0 saturated carbocycles. The van der Waals surface area contributed by atoms with Gasteiger partial charge in [-0.15, -0.1) is 0 Å². The van der Waals surface area contributed by atoms with Crippen LogP contribution in [0.15, 0.2) is 48.5 Å². The number of aliphatic hydroxyl groups excluding tert-OH is 2. The van der Waals surface area contributed by atoms with Gasteiger partial charge in [-0.25, -0.2) is 47.9 Å². The number of nitrogens with zero attached hydrogens (tertiary/aromatic N) is 6. The molecule has 4 aromatic heterocycles. The van der Waals surface area contributed by atoms with Crippen LogP contribution in [0.4, 0.5) is 20.2 Å². The van der Waals surface area contributed by atoms with Gasteiger partial charge in [0.25, 0.3) is 0 Å². The second-order valence-corrected chi connectivity index (χ2v) is 16.7. The molecule has 0 bridgehead atoms. The van der Waals surface area contributed by atoms with Gasteiger partial charge in [0.05, 0.1) is 90.7 Å². The van der Waals surface area contributed by atoms with Gasteiger partial charge in [0.15, 0.2) is 34.4 Å². The highest BCUT2D eigenvalue weighted by Gasteiger charge is 2.26. The molecular weight excluding hydrogens is 1050 g/mol. The summed E-state index contributed by atoms with van der Waals surface area (Å²) in [6.07, 6.45) is 1.16. The predicted octanol–water partition coefficient (Wildman–Crippen LogP) is 5.46. The number of carboxylic acid groups (broad SMARTS) is 1. The second kappa shape index (κ2) is 33.6. The summed E-state index contributed by atoms with van der Waals surface area (Å²) in [7, 11) is 3.76. The largest absolute Gasteiger partial charge is 0.476 e. The monoisotopic (exact) mass is 1110 g/mol. The van der Waals surface area contributed by atoms with Gasteiger partial charge in [0.2, 0.25) is 0 Å². The minimum atomic E-state index is -1.43. The van der Waals surface area contributed by atoms with E-state index in [-0.39, 0.29) is 50.8 Å². The number of halogens is 6. The first-order valence-corrected chi connectivity index (χ1v) is 23.8. The Morgan fingerprint density at radius 2 is 1.08 bits per heavy atom. The molecule has 4 aromatic rings. The maximum atomic E-state index is 12.8. The van der Waals surface area contributed by atoms with Gasteiger partial charge in [-0.3, -0.25) is 0 Å². The lowest BCUT2D eigenvalue weighted by atomic mass is 10.2. The fraction of sp³-hybridized carbons (Fsp3) is 0.478. The maximum Gasteiger partial charge on any atom is 0.359 e. The number of hydrogen-bond donors (Lipinski definition) is 4. The van der Waals surface area contributed by atoms with Crippen molar-refractivity contribution >= 4 is 81.7 Å². The van der Waals surface area contributed by atoms with Crippen molar-refractivity contribution in [1.29, 1.82) is 0 Å². The number of aliphatic hydroxyl groups is 2. The van der Waals surface area contributed by atoms with Crippen LogP contribution in [-0.2, 0) is 33.2 Å². The van der Waals surface area contributed by atoms with Crippen molar-refractivity contribution < 1.29 is 76.4 Å². The van der Waals surface area contributed by atoms with Gasteiger partial charge in [-0.2, -0.15) is 0 Å². The normalized spacial score (nSPS) is 17.6. The molecule has 3 aliphatic heterocycles. The van der Waals surface area contributed by atoms with Crippen LogP contribution in [0, 0.1) is 11.6 Å². The number of anilines is 2. The van der Waals surface area contributed by atoms with Crippen LogP contribution >= 0.6 is 46.4 Å². The van der Waals surface area contributed by atoms with Gasteiger partial charge in [0.1, 0.15) is 20.6 Å². The quantitative estimate of drug-likeness (QED) is 0.0665. The summed E-state index contributed by atoms with van der Waals surface area (Å²) in [6, 6.07) is 11.2. The van der Waals surface area contributed by atoms with E-state index in [1.165, 1.54) is 26.4 Å². The highest BCUT2D eigenvalue weighted by molar-refractivity contribution is 6.30. The molecule has 4 N–H and O–H groups in total. The van der Waals surface area contributed by atoms with E-state index in [4.69, 9.17) is 85.0 Å². The molecule has 7 rings (SSSR count). The van der Waals surface area contributed by atoms with Crippen molar-refractivity contribution in [2.24, 2.45) is 0 Å². The van der Waals surface area contributed by atoms with Gasteiger partial charge >= 0.3 is 23.9 Å². The lowest BCUT2D eigenvalue weighted by molar-refractivity contribution is -0.000234. The molecule has 0 aromatic carbocycles. The molecule has 3 fully saturated rings. The highest BCUT2D eigenvalue weighted by Crippen LogP contribution is 2.25. The average molecular weight is 1110 g/mol. The van der Waals surface area contributed by atoms with Crippen LogP contribution in [-0.4, -0.2) is 184 Å². The van der Waals surface area contributed by atoms with Gasteiger partial charge in [-0.1, -0.05) is 59.7 Å². The molecule has 0 amide bonds. The van der Waals surface area contributed by atoms with E-state index in [2.05, 4.69) is 36.9 Å². The summed E-state index contributed by atoms with van der Waals surface area (Å²) in [4.78, 5) is 63.4. The molecule has 3 atom stereocenters. The zero-order chi connectivity index (χ0) is 53.9. The van der Waals surface area contributed by atoms with Crippen LogP contribution in [0.25, 0.3) is 0 Å². The SMILES string of the molecule is CCCCOC1COCCN(c2ccc(Cl)nc2C(=O)OC)C1.COC(=O)c1nc(Cl)ccc1F.COC(=O)c1nc(Cl)ccc1N1CCOCC(O)C1.O=C(O)c1nc(Cl)ccc1F.OC1CNCCOC1. The third-order valence-corrected chi connectivity index (χ3v) is 10.6. The molecule has 7 heterocycles. The third kappa shape index (κ3) is 22.1. The van der Waals surface area contributed by atoms with Crippen LogP contribution in [0.1, 0.15) is 61.7 Å². The molecule has 402 valence electrons. The van der Waals surface area contributed by atoms with Crippen molar-refractivity contribution in [3.63, 3.8) is 0 Å². The summed E-state index contributed by atoms with van der Waals surface area (Å²) < 4.78 is 60.8. The minimum absolute atomic E-state index is 0.0368. The van der Waals surface area contributed by atoms with Crippen molar-refractivity contribution in [3.05, 3.63) is 104 Å². The zero-order valence-electron chi connectivity index (χ0n) is 40.2. The fourth-order valence-corrected chi connectivity index (χ4v) is 6.87. The van der Waals surface area contributed by atoms with E-state index in [0.717, 1.165) is 45.2 Å². The van der Waals surface area contributed by atoms with Crippen LogP contribution in [0.3, 0.4) is 0 Å². The summed E-state index contributed by atoms with van der Waals surface area (Å²) in [5.41, 5.74) is 0.581. The van der Waals surface area contributed by atoms with E-state index in [9.17, 15) is 33.1 Å². The Hall–Kier alpha value is -5.18. The Kier molecular flexibility index (Phi) is 28.6. The summed E-state index contributed by atoms with van der Waals surface area (Å²) in [5.74, 6) is -4.96. The second-order valence-electron chi connectivity index (χ2n) is 15.2. The van der Waals surface area contributed by atoms with E-state index < -0.39 is 53.0 Å². The standard InChI is InChI=1S/C16H23ClN2O4.C12H15ClN2O4.C7H5ClFNO2.C6H3ClFNO2.C5H11NO2/c1-3-4-8-23-12-10-19(7-9-22-11-12)13-5-6-14(17)18-15(13)16(20)21-2;1-18-12(17)11-9(2-3-10(13)14-11)15-4-5-19-7-8(16)6-15;1-12-7(11)6-4(9)2-3-5(8)10-6;7-4-2-1-3(8)5(9-4)6(10)11;7-5-3-6-1-2-8-4-5/h5-6,12H,3-4,7-11H2,1-2H3;2-3,8,16H,4-7H2,1H3;2-3H,1H3;1-2H,(H,10,11);5-7H,1-4H2. The van der Waals surface area contributed by atoms with Crippen molar-refractivity contribution in [2.45, 2.75) is 38.1 Å². The van der Waals surface area contributed by atoms with Crippen LogP contribution < -0.4 is 15.1 Å². The molecule has 3 saturated heterocycles. The summed E-state index contributed by atoms with van der Waals surface area (Å²) in [5, 5.41) is 30.5. The lowest BCUT2D eigenvalue weighted by Gasteiger charge is -2.26. The molecule has 3 aliphatic rings. The first kappa shape index (κ1) is 62.1. The molecular formula is C46H57Cl4F2N7O14. The Morgan fingerprint density at radius 1 is 0.644 bits per heavy atom. The van der Waals surface area contributed by atoms with Crippen molar-refractivity contribution in [3.8, 4) is 0 Å². The lowest BCUT2D eigenvalue weighted by Crippen LogP contribution is -2.35. The number of rotatable bonds is 10. The Balaban J connectivity index is 0.000000253. The predicted molar refractivity (Wildman–Crippen MR) is 264 cm³/mol. The summed E-state index contributed by atoms with van der Waals surface area (Å²) >= 11 is 22.5. The van der Waals surface area contributed by atoms with Gasteiger partial charge in [0, 0.05) is 45.9 Å². The number of ether oxygens (including phenoxy) is 7. The van der Waals surface area contributed by atoms with E-state index in [1.807, 2.05) is 9.80 Å². The maximum absolute atomic E-state index is 12.8. The fourth-order valence-electron chi connectivity index (χ4n) is 6.28. The number of β-amino-alcohol motifs (C(OH)–C–C–N with tert-alkyl or cyclic N) is 2. The minimum Gasteiger partial charge on any atom is -0.476 e. The summed E-state index contributed by atoms with van der Waals surface area (Å²) in [6.45, 7) is 9.65. The van der Waals surface area contributed by atoms with Gasteiger partial charge < -0.3 is 63.6 Å². The smallest absolute Gasteiger partial charge is 0.359 e. The topological polar surface area (TPSA) is 264 Å². The van der Waals surface area contributed by atoms with Gasteiger partial charge in [-0.05, 0) is 55.0 Å². The molecule has 27 heteroatoms. The molecule has 21 nitrogen and oxygen atoms in total. The Morgan fingerprint density at radius 3 is 1.59 bits per heavy atom. The number of carbonyl (C=O) groups excluding carboxylic acids is 3. The number of carboxylic acids is 1. The van der Waals surface area contributed by atoms with Crippen molar-refractivity contribution in [2.75, 3.05) is 117 Å². The van der Waals surface area contributed by atoms with E-state index in [0.29, 0.717) is 77.1 Å². The molecule has 3 unspecified atom stereocenters. The third-order valence-electron chi connectivity index (χ3n) is 9.77. The van der Waals surface area contributed by atoms with Crippen LogP contribution in [0.2, 0.25) is 20.6 Å². The number of carbonyl (C=O) groups is 4. The number of hydrogen-bond acceptors (Lipinski definition) is 20. The molecule has 73 heavy (non-hydrogen) atoms. The molecule has 0 aliphatic carbocycles. The zero-order valence-corrected chi connectivity index (χ0v) is 43.3. The number of pyridine rings is 4. The first-order valence-electron chi connectivity index (χ1n) is 22.3. The number of esters is 3. The number of methoxy groups -OCH3 is 3. The van der Waals surface area contributed by atoms with E-state index in [1.54, 1.807) is 24.3 Å². The average Bonchev–Trinajstić information content (AvgIpc) is 3.88. The number of unbranched alkanes of at least 4 members (excludes halogenated alkanes) is 1. The number of aromatic nitrogens is 4. The Labute approximate surface area is 439 Å². The highest BCUT2D eigenvalue weighted by atomic mass is 35.5. The number of aromatic carboxylic acids is 1. The number of nitrogens with one attached hydrogen (secondary N) is 1. The Bertz CT molecular complexity index is 2380.